The zero-order valence-corrected chi connectivity index (χ0v) is 14.3. The molecule has 1 saturated heterocycles. The van der Waals surface area contributed by atoms with Crippen molar-refractivity contribution >= 4 is 33.2 Å². The number of nitrogens with zero attached hydrogens (tertiary/aromatic N) is 1. The second-order valence-corrected chi connectivity index (χ2v) is 6.50. The lowest BCUT2D eigenvalue weighted by molar-refractivity contribution is 0.102. The molecule has 1 aliphatic heterocycles. The van der Waals surface area contributed by atoms with Crippen LogP contribution in [0, 0.1) is 5.82 Å². The molecule has 0 aromatic heterocycles. The number of halogens is 2. The monoisotopic (exact) mass is 376 g/mol. The maximum absolute atomic E-state index is 13.7. The van der Waals surface area contributed by atoms with Gasteiger partial charge in [-0.05, 0) is 65.5 Å². The number of carbonyl (C=O) groups excluding carboxylic acids is 1. The number of piperidine rings is 1. The van der Waals surface area contributed by atoms with Gasteiger partial charge in [0.2, 0.25) is 0 Å². The molecule has 0 radical (unpaired) electrons. The van der Waals surface area contributed by atoms with E-state index in [9.17, 15) is 9.18 Å². The van der Waals surface area contributed by atoms with Crippen LogP contribution >= 0.6 is 15.9 Å². The van der Waals surface area contributed by atoms with E-state index in [-0.39, 0.29) is 11.7 Å². The summed E-state index contributed by atoms with van der Waals surface area (Å²) in [6, 6.07) is 11.8. The van der Waals surface area contributed by atoms with Crippen LogP contribution in [0.4, 0.5) is 15.8 Å². The summed E-state index contributed by atoms with van der Waals surface area (Å²) in [6.45, 7) is 1.87. The highest BCUT2D eigenvalue weighted by molar-refractivity contribution is 9.10. The third kappa shape index (κ3) is 3.72. The molecule has 2 aromatic carbocycles. The Morgan fingerprint density at radius 2 is 1.83 bits per heavy atom. The fourth-order valence-electron chi connectivity index (χ4n) is 2.85. The molecule has 1 amide bonds. The SMILES string of the molecule is O=C(Nc1cc(F)ccc1N1CCCCC1)c1ccccc1Br. The first-order valence-electron chi connectivity index (χ1n) is 7.75. The highest BCUT2D eigenvalue weighted by Gasteiger charge is 2.18. The van der Waals surface area contributed by atoms with E-state index in [1.54, 1.807) is 18.2 Å². The molecular formula is C18H18BrFN2O. The fraction of sp³-hybridized carbons (Fsp3) is 0.278. The Bertz CT molecular complexity index is 714. The second-order valence-electron chi connectivity index (χ2n) is 5.64. The first kappa shape index (κ1) is 16.0. The Morgan fingerprint density at radius 3 is 2.57 bits per heavy atom. The third-order valence-electron chi connectivity index (χ3n) is 4.02. The van der Waals surface area contributed by atoms with Crippen LogP contribution in [-0.2, 0) is 0 Å². The van der Waals surface area contributed by atoms with Crippen LogP contribution < -0.4 is 10.2 Å². The highest BCUT2D eigenvalue weighted by atomic mass is 79.9. The summed E-state index contributed by atoms with van der Waals surface area (Å²) in [5.74, 6) is -0.602. The van der Waals surface area contributed by atoms with Crippen LogP contribution in [-0.4, -0.2) is 19.0 Å². The van der Waals surface area contributed by atoms with Gasteiger partial charge in [-0.1, -0.05) is 12.1 Å². The number of hydrogen-bond donors (Lipinski definition) is 1. The number of amides is 1. The second kappa shape index (κ2) is 7.13. The number of nitrogens with one attached hydrogen (secondary N) is 1. The Morgan fingerprint density at radius 1 is 1.09 bits per heavy atom. The van der Waals surface area contributed by atoms with E-state index in [1.807, 2.05) is 12.1 Å². The van der Waals surface area contributed by atoms with Gasteiger partial charge in [0.15, 0.2) is 0 Å². The van der Waals surface area contributed by atoms with Crippen molar-refractivity contribution in [1.29, 1.82) is 0 Å². The van der Waals surface area contributed by atoms with E-state index >= 15 is 0 Å². The van der Waals surface area contributed by atoms with Gasteiger partial charge >= 0.3 is 0 Å². The quantitative estimate of drug-likeness (QED) is 0.831. The minimum Gasteiger partial charge on any atom is -0.370 e. The Labute approximate surface area is 143 Å². The zero-order valence-electron chi connectivity index (χ0n) is 12.7. The van der Waals surface area contributed by atoms with Crippen molar-refractivity contribution in [2.24, 2.45) is 0 Å². The Kier molecular flexibility index (Phi) is 4.96. The normalized spacial score (nSPS) is 14.6. The summed E-state index contributed by atoms with van der Waals surface area (Å²) in [4.78, 5) is 14.7. The summed E-state index contributed by atoms with van der Waals surface area (Å²) in [5.41, 5.74) is 1.93. The summed E-state index contributed by atoms with van der Waals surface area (Å²) in [6.07, 6.45) is 3.46. The molecule has 0 aliphatic carbocycles. The molecule has 3 rings (SSSR count). The third-order valence-corrected chi connectivity index (χ3v) is 4.71. The number of anilines is 2. The molecule has 1 N–H and O–H groups in total. The van der Waals surface area contributed by atoms with Gasteiger partial charge in [-0.25, -0.2) is 4.39 Å². The van der Waals surface area contributed by atoms with Crippen LogP contribution in [0.1, 0.15) is 29.6 Å². The van der Waals surface area contributed by atoms with Crippen molar-refractivity contribution < 1.29 is 9.18 Å². The molecule has 0 saturated carbocycles. The molecule has 0 bridgehead atoms. The Balaban J connectivity index is 1.88. The summed E-state index contributed by atoms with van der Waals surface area (Å²) < 4.78 is 14.4. The summed E-state index contributed by atoms with van der Waals surface area (Å²) >= 11 is 3.37. The lowest BCUT2D eigenvalue weighted by Crippen LogP contribution is -2.30. The van der Waals surface area contributed by atoms with E-state index in [4.69, 9.17) is 0 Å². The molecule has 120 valence electrons. The topological polar surface area (TPSA) is 32.3 Å². The van der Waals surface area contributed by atoms with Crippen molar-refractivity contribution in [3.63, 3.8) is 0 Å². The van der Waals surface area contributed by atoms with E-state index in [0.29, 0.717) is 15.7 Å². The standard InChI is InChI=1S/C18H18BrFN2O/c19-15-7-3-2-6-14(15)18(23)21-16-12-13(20)8-9-17(16)22-10-4-1-5-11-22/h2-3,6-9,12H,1,4-5,10-11H2,(H,21,23). The molecule has 0 atom stereocenters. The Hall–Kier alpha value is -1.88. The van der Waals surface area contributed by atoms with E-state index in [1.165, 1.54) is 18.6 Å². The van der Waals surface area contributed by atoms with E-state index < -0.39 is 0 Å². The van der Waals surface area contributed by atoms with Gasteiger partial charge in [-0.15, -0.1) is 0 Å². The molecule has 0 spiro atoms. The largest absolute Gasteiger partial charge is 0.370 e. The molecule has 1 heterocycles. The number of rotatable bonds is 3. The molecule has 1 fully saturated rings. The maximum Gasteiger partial charge on any atom is 0.256 e. The molecule has 2 aromatic rings. The predicted octanol–water partition coefficient (Wildman–Crippen LogP) is 4.83. The molecule has 3 nitrogen and oxygen atoms in total. The van der Waals surface area contributed by atoms with Gasteiger partial charge in [0.1, 0.15) is 5.82 Å². The smallest absolute Gasteiger partial charge is 0.256 e. The molecule has 5 heteroatoms. The average molecular weight is 377 g/mol. The molecular weight excluding hydrogens is 359 g/mol. The number of carbonyl (C=O) groups is 1. The average Bonchev–Trinajstić information content (AvgIpc) is 2.56. The minimum atomic E-state index is -0.354. The summed E-state index contributed by atoms with van der Waals surface area (Å²) in [5, 5.41) is 2.86. The van der Waals surface area contributed by atoms with Crippen molar-refractivity contribution in [2.75, 3.05) is 23.3 Å². The van der Waals surface area contributed by atoms with Crippen molar-refractivity contribution in [2.45, 2.75) is 19.3 Å². The van der Waals surface area contributed by atoms with Gasteiger partial charge in [0, 0.05) is 17.6 Å². The lowest BCUT2D eigenvalue weighted by Gasteiger charge is -2.30. The number of benzene rings is 2. The predicted molar refractivity (Wildman–Crippen MR) is 94.6 cm³/mol. The first-order valence-corrected chi connectivity index (χ1v) is 8.55. The molecule has 0 unspecified atom stereocenters. The highest BCUT2D eigenvalue weighted by Crippen LogP contribution is 2.30. The van der Waals surface area contributed by atoms with Gasteiger partial charge in [-0.3, -0.25) is 4.79 Å². The number of hydrogen-bond acceptors (Lipinski definition) is 2. The fourth-order valence-corrected chi connectivity index (χ4v) is 3.32. The molecule has 23 heavy (non-hydrogen) atoms. The van der Waals surface area contributed by atoms with Gasteiger partial charge in [0.25, 0.3) is 5.91 Å². The van der Waals surface area contributed by atoms with Crippen molar-refractivity contribution in [1.82, 2.24) is 0 Å². The van der Waals surface area contributed by atoms with Crippen LogP contribution in [0.2, 0.25) is 0 Å². The van der Waals surface area contributed by atoms with Crippen LogP contribution in [0.3, 0.4) is 0 Å². The van der Waals surface area contributed by atoms with Gasteiger partial charge in [-0.2, -0.15) is 0 Å². The van der Waals surface area contributed by atoms with Crippen molar-refractivity contribution in [3.05, 3.63) is 58.3 Å². The minimum absolute atomic E-state index is 0.249. The van der Waals surface area contributed by atoms with E-state index in [0.717, 1.165) is 31.6 Å². The van der Waals surface area contributed by atoms with Crippen LogP contribution in [0.15, 0.2) is 46.9 Å². The summed E-state index contributed by atoms with van der Waals surface area (Å²) in [7, 11) is 0. The molecule has 1 aliphatic rings. The maximum atomic E-state index is 13.7. The van der Waals surface area contributed by atoms with Crippen LogP contribution in [0.5, 0.6) is 0 Å². The van der Waals surface area contributed by atoms with Crippen LogP contribution in [0.25, 0.3) is 0 Å². The first-order chi connectivity index (χ1) is 11.1. The zero-order chi connectivity index (χ0) is 16.2. The van der Waals surface area contributed by atoms with E-state index in [2.05, 4.69) is 26.1 Å². The van der Waals surface area contributed by atoms with Gasteiger partial charge in [0.05, 0.1) is 16.9 Å². The van der Waals surface area contributed by atoms with Gasteiger partial charge < -0.3 is 10.2 Å². The van der Waals surface area contributed by atoms with Crippen molar-refractivity contribution in [3.8, 4) is 0 Å². The lowest BCUT2D eigenvalue weighted by atomic mass is 10.1.